The first kappa shape index (κ1) is 37.2. The van der Waals surface area contributed by atoms with E-state index in [0.717, 1.165) is 0 Å². The average Bonchev–Trinajstić information content (AvgIpc) is 2.89. The minimum atomic E-state index is -1.42. The lowest BCUT2D eigenvalue weighted by Crippen LogP contribution is -2.60. The minimum Gasteiger partial charge on any atom is -0.481 e. The first-order valence-corrected chi connectivity index (χ1v) is 13.3. The quantitative estimate of drug-likeness (QED) is 0.0719. The zero-order valence-corrected chi connectivity index (χ0v) is 23.8. The second-order valence-electron chi connectivity index (χ2n) is 10.2. The van der Waals surface area contributed by atoms with Crippen LogP contribution in [0.2, 0.25) is 0 Å². The van der Waals surface area contributed by atoms with Gasteiger partial charge in [0, 0.05) is 12.8 Å². The molecule has 0 radical (unpaired) electrons. The maximum atomic E-state index is 13.3. The Hall–Kier alpha value is -3.79. The zero-order valence-electron chi connectivity index (χ0n) is 23.8. The Kier molecular flexibility index (Phi) is 16.8. The van der Waals surface area contributed by atoms with E-state index in [9.17, 15) is 38.7 Å². The van der Waals surface area contributed by atoms with E-state index in [4.69, 9.17) is 21.7 Å². The van der Waals surface area contributed by atoms with Crippen LogP contribution in [0.5, 0.6) is 0 Å². The van der Waals surface area contributed by atoms with Crippen LogP contribution in [0, 0.1) is 11.8 Å². The van der Waals surface area contributed by atoms with Crippen molar-refractivity contribution < 1.29 is 48.9 Å². The van der Waals surface area contributed by atoms with Crippen molar-refractivity contribution in [2.75, 3.05) is 6.61 Å². The van der Waals surface area contributed by atoms with Gasteiger partial charge in [0.1, 0.15) is 30.2 Å². The topological polar surface area (TPSA) is 280 Å². The third-order valence-electron chi connectivity index (χ3n) is 6.24. The molecule has 0 bridgehead atoms. The molecular weight excluding hydrogens is 544 g/mol. The summed E-state index contributed by atoms with van der Waals surface area (Å²) in [7, 11) is 0. The number of aliphatic hydroxyl groups excluding tert-OH is 1. The smallest absolute Gasteiger partial charge is 0.326 e. The summed E-state index contributed by atoms with van der Waals surface area (Å²) >= 11 is 0. The number of carbonyl (C=O) groups is 7. The number of nitrogens with two attached hydrogens (primary N) is 2. The van der Waals surface area contributed by atoms with E-state index >= 15 is 0 Å². The predicted molar refractivity (Wildman–Crippen MR) is 145 cm³/mol. The number of carboxylic acid groups (broad SMARTS) is 2. The van der Waals surface area contributed by atoms with E-state index in [1.54, 1.807) is 27.7 Å². The van der Waals surface area contributed by atoms with Gasteiger partial charge < -0.3 is 48.1 Å². The number of hydrogen-bond donors (Lipinski definition) is 9. The number of rotatable bonds is 20. The van der Waals surface area contributed by atoms with Gasteiger partial charge in [-0.3, -0.25) is 28.8 Å². The molecule has 0 aliphatic heterocycles. The van der Waals surface area contributed by atoms with E-state index in [1.807, 2.05) is 0 Å². The number of nitrogens with one attached hydrogen (secondary N) is 4. The van der Waals surface area contributed by atoms with Gasteiger partial charge in [-0.25, -0.2) is 4.79 Å². The van der Waals surface area contributed by atoms with Crippen molar-refractivity contribution in [3.8, 4) is 0 Å². The minimum absolute atomic E-state index is 0.0819. The molecule has 41 heavy (non-hydrogen) atoms. The van der Waals surface area contributed by atoms with Crippen LogP contribution in [-0.2, 0) is 33.6 Å². The van der Waals surface area contributed by atoms with E-state index in [2.05, 4.69) is 21.3 Å². The molecule has 0 unspecified atom stereocenters. The van der Waals surface area contributed by atoms with Crippen LogP contribution < -0.4 is 32.7 Å². The van der Waals surface area contributed by atoms with Crippen molar-refractivity contribution in [2.24, 2.45) is 23.3 Å². The molecule has 11 N–H and O–H groups in total. The highest BCUT2D eigenvalue weighted by molar-refractivity contribution is 5.95. The van der Waals surface area contributed by atoms with Gasteiger partial charge in [-0.15, -0.1) is 0 Å². The summed E-state index contributed by atoms with van der Waals surface area (Å²) in [4.78, 5) is 85.7. The zero-order chi connectivity index (χ0) is 31.9. The number of aliphatic carboxylic acids is 2. The number of aliphatic hydroxyl groups is 1. The van der Waals surface area contributed by atoms with Gasteiger partial charge in [-0.05, 0) is 31.1 Å². The number of carbonyl (C=O) groups excluding carboxylic acids is 5. The van der Waals surface area contributed by atoms with Crippen LogP contribution in [0.15, 0.2) is 0 Å². The highest BCUT2D eigenvalue weighted by Gasteiger charge is 2.34. The summed E-state index contributed by atoms with van der Waals surface area (Å²) in [6.07, 6.45) is -0.951. The van der Waals surface area contributed by atoms with Crippen molar-refractivity contribution in [2.45, 2.75) is 96.4 Å². The van der Waals surface area contributed by atoms with Crippen molar-refractivity contribution in [3.63, 3.8) is 0 Å². The van der Waals surface area contributed by atoms with Crippen LogP contribution in [0.3, 0.4) is 0 Å². The second-order valence-corrected chi connectivity index (χ2v) is 10.2. The molecule has 0 saturated heterocycles. The SMILES string of the molecule is CC[C@H](C)[C@H](NC(=O)[C@@H](CCC(=O)O)NC(=O)[C@H](N)CO)C(=O)N[C@H](CCC(N)=O)C(=O)N[C@@H](CC(C)C)C(=O)O. The first-order valence-electron chi connectivity index (χ1n) is 13.3. The van der Waals surface area contributed by atoms with Crippen LogP contribution in [0.1, 0.15) is 66.2 Å². The molecular formula is C25H44N6O10. The molecule has 234 valence electrons. The number of carboxylic acids is 2. The van der Waals surface area contributed by atoms with Gasteiger partial charge in [0.05, 0.1) is 6.61 Å². The Morgan fingerprint density at radius 1 is 0.732 bits per heavy atom. The van der Waals surface area contributed by atoms with Crippen molar-refractivity contribution in [1.82, 2.24) is 21.3 Å². The number of hydrogen-bond acceptors (Lipinski definition) is 9. The molecule has 0 aromatic rings. The maximum absolute atomic E-state index is 13.3. The summed E-state index contributed by atoms with van der Waals surface area (Å²) in [6.45, 7) is 6.14. The molecule has 0 spiro atoms. The predicted octanol–water partition coefficient (Wildman–Crippen LogP) is -2.45. The Labute approximate surface area is 238 Å². The lowest BCUT2D eigenvalue weighted by Gasteiger charge is -2.29. The highest BCUT2D eigenvalue weighted by Crippen LogP contribution is 2.12. The summed E-state index contributed by atoms with van der Waals surface area (Å²) in [5, 5.41) is 37.1. The molecule has 0 aliphatic carbocycles. The lowest BCUT2D eigenvalue weighted by molar-refractivity contribution is -0.143. The fourth-order valence-corrected chi connectivity index (χ4v) is 3.64. The molecule has 0 heterocycles. The fourth-order valence-electron chi connectivity index (χ4n) is 3.64. The number of amides is 5. The summed E-state index contributed by atoms with van der Waals surface area (Å²) in [5.41, 5.74) is 10.7. The van der Waals surface area contributed by atoms with Gasteiger partial charge in [-0.1, -0.05) is 34.1 Å². The van der Waals surface area contributed by atoms with Crippen LogP contribution in [0.25, 0.3) is 0 Å². The largest absolute Gasteiger partial charge is 0.481 e. The monoisotopic (exact) mass is 588 g/mol. The average molecular weight is 589 g/mol. The van der Waals surface area contributed by atoms with E-state index in [-0.39, 0.29) is 31.6 Å². The van der Waals surface area contributed by atoms with Gasteiger partial charge in [0.2, 0.25) is 29.5 Å². The lowest BCUT2D eigenvalue weighted by atomic mass is 9.96. The van der Waals surface area contributed by atoms with E-state index in [0.29, 0.717) is 6.42 Å². The molecule has 0 aromatic carbocycles. The molecule has 0 saturated carbocycles. The summed E-state index contributed by atoms with van der Waals surface area (Å²) in [6, 6.07) is -6.71. The standard InChI is InChI=1S/C25H44N6O10/c1-5-13(4)20(31-23(38)16(7-9-19(34)35)28-21(36)14(26)11-32)24(39)29-15(6-8-18(27)33)22(37)30-17(25(40)41)10-12(2)3/h12-17,20,32H,5-11,26H2,1-4H3,(H2,27,33)(H,28,36)(H,29,39)(H,30,37)(H,31,38)(H,34,35)(H,40,41)/t13-,14+,15+,16+,17-,20-/m0/s1. The fraction of sp³-hybridized carbons (Fsp3) is 0.720. The van der Waals surface area contributed by atoms with Gasteiger partial charge in [0.25, 0.3) is 0 Å². The molecule has 0 aliphatic rings. The summed E-state index contributed by atoms with van der Waals surface area (Å²) in [5.74, 6) is -7.45. The Bertz CT molecular complexity index is 944. The number of primary amides is 1. The molecule has 6 atom stereocenters. The first-order chi connectivity index (χ1) is 19.0. The normalized spacial score (nSPS) is 15.4. The molecule has 16 nitrogen and oxygen atoms in total. The van der Waals surface area contributed by atoms with E-state index in [1.165, 1.54) is 0 Å². The Morgan fingerprint density at radius 3 is 1.66 bits per heavy atom. The van der Waals surface area contributed by atoms with Gasteiger partial charge >= 0.3 is 11.9 Å². The molecule has 0 fully saturated rings. The third-order valence-corrected chi connectivity index (χ3v) is 6.24. The van der Waals surface area contributed by atoms with Gasteiger partial charge in [0.15, 0.2) is 0 Å². The van der Waals surface area contributed by atoms with Crippen LogP contribution in [0.4, 0.5) is 0 Å². The van der Waals surface area contributed by atoms with Crippen molar-refractivity contribution in [3.05, 3.63) is 0 Å². The maximum Gasteiger partial charge on any atom is 0.326 e. The van der Waals surface area contributed by atoms with E-state index < -0.39 is 90.6 Å². The van der Waals surface area contributed by atoms with Gasteiger partial charge in [-0.2, -0.15) is 0 Å². The van der Waals surface area contributed by atoms with Crippen LogP contribution in [-0.4, -0.2) is 93.6 Å². The molecule has 5 amide bonds. The molecule has 0 aromatic heterocycles. The Morgan fingerprint density at radius 2 is 1.22 bits per heavy atom. The van der Waals surface area contributed by atoms with Crippen molar-refractivity contribution >= 4 is 41.5 Å². The second kappa shape index (κ2) is 18.5. The Balaban J connectivity index is 5.97. The highest BCUT2D eigenvalue weighted by atomic mass is 16.4. The molecule has 16 heteroatoms. The van der Waals surface area contributed by atoms with Crippen molar-refractivity contribution in [1.29, 1.82) is 0 Å². The van der Waals surface area contributed by atoms with Crippen LogP contribution >= 0.6 is 0 Å². The summed E-state index contributed by atoms with van der Waals surface area (Å²) < 4.78 is 0. The third kappa shape index (κ3) is 14.4. The molecule has 0 rings (SSSR count).